The van der Waals surface area contributed by atoms with Gasteiger partial charge in [0.1, 0.15) is 0 Å². The van der Waals surface area contributed by atoms with E-state index in [0.717, 1.165) is 16.1 Å². The van der Waals surface area contributed by atoms with E-state index in [9.17, 15) is 9.90 Å². The van der Waals surface area contributed by atoms with Gasteiger partial charge in [-0.15, -0.1) is 11.3 Å². The summed E-state index contributed by atoms with van der Waals surface area (Å²) >= 11 is 1.59. The summed E-state index contributed by atoms with van der Waals surface area (Å²) in [6.45, 7) is 2.40. The minimum atomic E-state index is -0.474. The lowest BCUT2D eigenvalue weighted by Crippen LogP contribution is -2.41. The summed E-state index contributed by atoms with van der Waals surface area (Å²) in [6, 6.07) is 7.05. The number of aryl methyl sites for hydroxylation is 1. The van der Waals surface area contributed by atoms with E-state index in [0.29, 0.717) is 18.7 Å². The zero-order chi connectivity index (χ0) is 15.5. The highest BCUT2D eigenvalue weighted by molar-refractivity contribution is 7.13. The van der Waals surface area contributed by atoms with Gasteiger partial charge in [-0.3, -0.25) is 4.79 Å². The van der Waals surface area contributed by atoms with E-state index in [4.69, 9.17) is 4.84 Å². The number of nitrogens with one attached hydrogen (secondary N) is 2. The van der Waals surface area contributed by atoms with E-state index in [-0.39, 0.29) is 5.91 Å². The molecule has 1 aromatic heterocycles. The van der Waals surface area contributed by atoms with Crippen LogP contribution in [0, 0.1) is 6.92 Å². The largest absolute Gasteiger partial charge is 0.392 e. The normalized spacial score (nSPS) is 20.8. The summed E-state index contributed by atoms with van der Waals surface area (Å²) < 4.78 is 0. The van der Waals surface area contributed by atoms with Gasteiger partial charge < -0.3 is 15.3 Å². The number of hydrogen-bond donors (Lipinski definition) is 3. The number of carbonyl (C=O) groups is 1. The Morgan fingerprint density at radius 3 is 2.82 bits per heavy atom. The molecule has 3 N–H and O–H groups in total. The molecule has 1 aromatic carbocycles. The summed E-state index contributed by atoms with van der Waals surface area (Å²) in [5.74, 6) is 0.275. The van der Waals surface area contributed by atoms with Crippen molar-refractivity contribution in [3.63, 3.8) is 0 Å². The average Bonchev–Trinajstić information content (AvgIpc) is 3.14. The minimum Gasteiger partial charge on any atom is -0.392 e. The number of carbonyl (C=O) groups excluding carboxylic acids is 1. The molecule has 0 radical (unpaired) electrons. The molecule has 1 aliphatic heterocycles. The molecule has 0 saturated carbocycles. The molecule has 116 valence electrons. The minimum absolute atomic E-state index is 0.279. The van der Waals surface area contributed by atoms with Gasteiger partial charge in [0.05, 0.1) is 28.2 Å². The standard InChI is InChI=1S/C15H17N3O3S/c1-9-14(22-8-17-9)10-2-4-12(5-3-10)21-18-15(20)13-6-11(19)7-16-13/h2-5,8,11,13,16,19H,6-7H2,1H3,(H,18,20)/t11-,13+/m1/s1. The lowest BCUT2D eigenvalue weighted by atomic mass is 10.1. The van der Waals surface area contributed by atoms with Gasteiger partial charge in [-0.1, -0.05) is 0 Å². The van der Waals surface area contributed by atoms with Crippen molar-refractivity contribution in [2.75, 3.05) is 6.54 Å². The molecular formula is C15H17N3O3S. The van der Waals surface area contributed by atoms with Crippen LogP contribution in [0.15, 0.2) is 29.8 Å². The second-order valence-electron chi connectivity index (χ2n) is 5.21. The first-order chi connectivity index (χ1) is 10.6. The van der Waals surface area contributed by atoms with Gasteiger partial charge in [-0.05, 0) is 43.2 Å². The number of hydrogen-bond acceptors (Lipinski definition) is 6. The maximum atomic E-state index is 11.8. The van der Waals surface area contributed by atoms with Gasteiger partial charge in [0, 0.05) is 6.54 Å². The zero-order valence-electron chi connectivity index (χ0n) is 12.1. The summed E-state index contributed by atoms with van der Waals surface area (Å²) in [7, 11) is 0. The van der Waals surface area contributed by atoms with Crippen LogP contribution in [0.5, 0.6) is 5.75 Å². The second kappa shape index (κ2) is 6.43. The smallest absolute Gasteiger partial charge is 0.269 e. The molecule has 0 aliphatic carbocycles. The summed E-state index contributed by atoms with van der Waals surface area (Å²) in [4.78, 5) is 22.5. The molecule has 2 heterocycles. The third-order valence-electron chi connectivity index (χ3n) is 3.56. The Hall–Kier alpha value is -1.96. The van der Waals surface area contributed by atoms with Crippen LogP contribution >= 0.6 is 11.3 Å². The Labute approximate surface area is 132 Å². The number of aliphatic hydroxyl groups is 1. The summed E-state index contributed by atoms with van der Waals surface area (Å²) in [5.41, 5.74) is 6.29. The number of hydroxylamine groups is 1. The SMILES string of the molecule is Cc1ncsc1-c1ccc(ONC(=O)[C@@H]2C[C@@H](O)CN2)cc1. The molecule has 2 atom stereocenters. The lowest BCUT2D eigenvalue weighted by molar-refractivity contribution is -0.129. The Kier molecular flexibility index (Phi) is 4.37. The molecule has 1 amide bonds. The van der Waals surface area contributed by atoms with Gasteiger partial charge in [0.2, 0.25) is 0 Å². The fourth-order valence-corrected chi connectivity index (χ4v) is 3.16. The fourth-order valence-electron chi connectivity index (χ4n) is 2.35. The number of aliphatic hydroxyl groups excluding tert-OH is 1. The highest BCUT2D eigenvalue weighted by Crippen LogP contribution is 2.28. The fraction of sp³-hybridized carbons (Fsp3) is 0.333. The van der Waals surface area contributed by atoms with Crippen molar-refractivity contribution in [3.05, 3.63) is 35.5 Å². The molecule has 0 bridgehead atoms. The molecule has 0 unspecified atom stereocenters. The first kappa shape index (κ1) is 15.0. The Balaban J connectivity index is 1.57. The highest BCUT2D eigenvalue weighted by atomic mass is 32.1. The van der Waals surface area contributed by atoms with E-state index >= 15 is 0 Å². The molecule has 1 fully saturated rings. The molecule has 1 saturated heterocycles. The van der Waals surface area contributed by atoms with Crippen LogP contribution in [0.2, 0.25) is 0 Å². The van der Waals surface area contributed by atoms with Crippen molar-refractivity contribution in [2.45, 2.75) is 25.5 Å². The number of thiazole rings is 1. The number of nitrogens with zero attached hydrogens (tertiary/aromatic N) is 1. The summed E-state index contributed by atoms with van der Waals surface area (Å²) in [5, 5.41) is 12.3. The lowest BCUT2D eigenvalue weighted by Gasteiger charge is -2.11. The third-order valence-corrected chi connectivity index (χ3v) is 4.53. The predicted molar refractivity (Wildman–Crippen MR) is 83.5 cm³/mol. The van der Waals surface area contributed by atoms with E-state index in [1.807, 2.05) is 24.6 Å². The highest BCUT2D eigenvalue weighted by Gasteiger charge is 2.28. The van der Waals surface area contributed by atoms with Crippen LogP contribution in [-0.2, 0) is 4.79 Å². The molecule has 3 rings (SSSR count). The Morgan fingerprint density at radius 2 is 2.23 bits per heavy atom. The van der Waals surface area contributed by atoms with Crippen LogP contribution in [0.3, 0.4) is 0 Å². The van der Waals surface area contributed by atoms with Crippen LogP contribution in [-0.4, -0.2) is 34.7 Å². The van der Waals surface area contributed by atoms with Gasteiger partial charge in [0.15, 0.2) is 5.75 Å². The predicted octanol–water partition coefficient (Wildman–Crippen LogP) is 1.25. The molecule has 22 heavy (non-hydrogen) atoms. The molecule has 7 heteroatoms. The van der Waals surface area contributed by atoms with Gasteiger partial charge >= 0.3 is 0 Å². The molecule has 1 aliphatic rings. The van der Waals surface area contributed by atoms with Crippen molar-refractivity contribution in [3.8, 4) is 16.2 Å². The van der Waals surface area contributed by atoms with Crippen LogP contribution in [0.1, 0.15) is 12.1 Å². The first-order valence-electron chi connectivity index (χ1n) is 7.02. The van der Waals surface area contributed by atoms with Crippen molar-refractivity contribution < 1.29 is 14.7 Å². The van der Waals surface area contributed by atoms with E-state index < -0.39 is 12.1 Å². The summed E-state index contributed by atoms with van der Waals surface area (Å²) in [6.07, 6.45) is -0.0728. The van der Waals surface area contributed by atoms with Crippen LogP contribution in [0.4, 0.5) is 0 Å². The van der Waals surface area contributed by atoms with Crippen LogP contribution < -0.4 is 15.6 Å². The Morgan fingerprint density at radius 1 is 1.45 bits per heavy atom. The quantitative estimate of drug-likeness (QED) is 0.739. The topological polar surface area (TPSA) is 83.5 Å². The second-order valence-corrected chi connectivity index (χ2v) is 6.06. The molecule has 6 nitrogen and oxygen atoms in total. The van der Waals surface area contributed by atoms with Crippen molar-refractivity contribution in [2.24, 2.45) is 0 Å². The van der Waals surface area contributed by atoms with E-state index in [2.05, 4.69) is 15.8 Å². The number of aromatic nitrogens is 1. The maximum absolute atomic E-state index is 11.8. The monoisotopic (exact) mass is 319 g/mol. The van der Waals surface area contributed by atoms with Crippen LogP contribution in [0.25, 0.3) is 10.4 Å². The number of amides is 1. The average molecular weight is 319 g/mol. The molecular weight excluding hydrogens is 302 g/mol. The maximum Gasteiger partial charge on any atom is 0.269 e. The zero-order valence-corrected chi connectivity index (χ0v) is 12.9. The Bertz CT molecular complexity index is 656. The van der Waals surface area contributed by atoms with Crippen molar-refractivity contribution in [1.29, 1.82) is 0 Å². The van der Waals surface area contributed by atoms with Crippen molar-refractivity contribution >= 4 is 17.2 Å². The van der Waals surface area contributed by atoms with E-state index in [1.165, 1.54) is 0 Å². The number of rotatable bonds is 4. The molecule has 0 spiro atoms. The number of β-amino-alcohol motifs (C(OH)–C–C–N with tert-alkyl or cyclic N) is 1. The van der Waals surface area contributed by atoms with E-state index in [1.54, 1.807) is 23.5 Å². The van der Waals surface area contributed by atoms with Crippen molar-refractivity contribution in [1.82, 2.24) is 15.8 Å². The van der Waals surface area contributed by atoms with Gasteiger partial charge in [-0.25, -0.2) is 4.98 Å². The molecule has 2 aromatic rings. The van der Waals surface area contributed by atoms with Gasteiger partial charge in [-0.2, -0.15) is 5.48 Å². The van der Waals surface area contributed by atoms with Gasteiger partial charge in [0.25, 0.3) is 5.91 Å². The number of benzene rings is 1. The first-order valence-corrected chi connectivity index (χ1v) is 7.90. The third kappa shape index (κ3) is 3.27.